The summed E-state index contributed by atoms with van der Waals surface area (Å²) < 4.78 is 56.2. The maximum Gasteiger partial charge on any atom is 0.421 e. The van der Waals surface area contributed by atoms with Gasteiger partial charge >= 0.3 is 11.6 Å². The van der Waals surface area contributed by atoms with Gasteiger partial charge in [0.25, 0.3) is 0 Å². The lowest BCUT2D eigenvalue weighted by Crippen LogP contribution is -2.41. The number of benzene rings is 1. The van der Waals surface area contributed by atoms with Gasteiger partial charge in [-0.25, -0.2) is 0 Å². The predicted molar refractivity (Wildman–Crippen MR) is 53.6 cm³/mol. The molecule has 1 atom stereocenters. The lowest BCUT2D eigenvalue weighted by Gasteiger charge is -2.17. The first kappa shape index (κ1) is 17.6. The Morgan fingerprint density at radius 2 is 1.58 bits per heavy atom. The van der Waals surface area contributed by atoms with Crippen molar-refractivity contribution in [2.45, 2.75) is 17.7 Å². The number of aromatic carboxylic acids is 1. The highest BCUT2D eigenvalue weighted by Crippen LogP contribution is 2.34. The van der Waals surface area contributed by atoms with Gasteiger partial charge in [0.1, 0.15) is 0 Å². The van der Waals surface area contributed by atoms with E-state index in [4.69, 9.17) is 5.11 Å². The molecular weight excluding hydrogens is 299 g/mol. The molecule has 0 saturated carbocycles. The van der Waals surface area contributed by atoms with E-state index in [1.807, 2.05) is 0 Å². The summed E-state index contributed by atoms with van der Waals surface area (Å²) in [5.74, 6) is -1.13. The van der Waals surface area contributed by atoms with Gasteiger partial charge in [0.05, 0.1) is 5.97 Å². The van der Waals surface area contributed by atoms with Gasteiger partial charge in [-0.1, -0.05) is 30.3 Å². The van der Waals surface area contributed by atoms with Crippen molar-refractivity contribution in [3.05, 3.63) is 35.9 Å². The van der Waals surface area contributed by atoms with Crippen LogP contribution in [0.1, 0.15) is 10.4 Å². The van der Waals surface area contributed by atoms with Gasteiger partial charge in [0.2, 0.25) is 6.10 Å². The highest BCUT2D eigenvalue weighted by atomic mass is 35.5. The molecule has 108 valence electrons. The molecule has 1 N–H and O–H groups in total. The molecule has 1 unspecified atom stereocenters. The van der Waals surface area contributed by atoms with E-state index in [1.54, 1.807) is 18.2 Å². The molecule has 1 rings (SSSR count). The largest absolute Gasteiger partial charge is 0.545 e. The average molecular weight is 306 g/mol. The van der Waals surface area contributed by atoms with Crippen molar-refractivity contribution in [1.29, 1.82) is 0 Å². The van der Waals surface area contributed by atoms with E-state index in [-0.39, 0.29) is 5.56 Å². The standard InChI is InChI=1S/C7H6O2.C3H2ClF5O/c8-7(9)6-4-2-1-3-5-6;4-2(5,6)1(10)3(7,8)9/h1-5H,(H,8,9);1,10H/p-1. The molecule has 0 saturated heterocycles. The van der Waals surface area contributed by atoms with Crippen LogP contribution in [-0.2, 0) is 0 Å². The molecule has 3 nitrogen and oxygen atoms in total. The van der Waals surface area contributed by atoms with Gasteiger partial charge in [-0.2, -0.15) is 22.0 Å². The highest BCUT2D eigenvalue weighted by molar-refractivity contribution is 6.22. The third kappa shape index (κ3) is 6.92. The molecule has 0 heterocycles. The highest BCUT2D eigenvalue weighted by Gasteiger charge is 2.53. The lowest BCUT2D eigenvalue weighted by atomic mass is 10.2. The third-order valence-electron chi connectivity index (χ3n) is 1.63. The smallest absolute Gasteiger partial charge is 0.421 e. The van der Waals surface area contributed by atoms with Crippen LogP contribution in [-0.4, -0.2) is 28.7 Å². The number of halogens is 6. The summed E-state index contributed by atoms with van der Waals surface area (Å²) in [5, 5.41) is 13.2. The molecule has 0 amide bonds. The van der Waals surface area contributed by atoms with Crippen LogP contribution in [0.2, 0.25) is 0 Å². The number of rotatable bonds is 2. The minimum absolute atomic E-state index is 0.220. The maximum atomic E-state index is 11.4. The SMILES string of the molecule is O=C([O-])c1ccccc1.OC(C(F)(F)F)C(F)(F)Cl. The molecule has 0 aliphatic carbocycles. The number of carbonyl (C=O) groups is 1. The van der Waals surface area contributed by atoms with Crippen LogP contribution in [0.3, 0.4) is 0 Å². The quantitative estimate of drug-likeness (QED) is 0.669. The van der Waals surface area contributed by atoms with Crippen LogP contribution in [0.5, 0.6) is 0 Å². The van der Waals surface area contributed by atoms with Crippen molar-refractivity contribution in [3.63, 3.8) is 0 Å². The summed E-state index contributed by atoms with van der Waals surface area (Å²) >= 11 is 3.86. The maximum absolute atomic E-state index is 11.4. The predicted octanol–water partition coefficient (Wildman–Crippen LogP) is 1.79. The van der Waals surface area contributed by atoms with Gasteiger partial charge in [-0.3, -0.25) is 0 Å². The molecule has 0 fully saturated rings. The second-order valence-electron chi connectivity index (χ2n) is 3.14. The zero-order valence-corrected chi connectivity index (χ0v) is 9.75. The van der Waals surface area contributed by atoms with Gasteiger partial charge in [-0.15, -0.1) is 0 Å². The second kappa shape index (κ2) is 6.67. The summed E-state index contributed by atoms with van der Waals surface area (Å²) in [5.41, 5.74) is 0.220. The molecule has 1 aromatic carbocycles. The van der Waals surface area contributed by atoms with Crippen LogP contribution in [0.15, 0.2) is 30.3 Å². The molecule has 0 aliphatic heterocycles. The van der Waals surface area contributed by atoms with Gasteiger partial charge in [0, 0.05) is 0 Å². The Bertz CT molecular complexity index is 388. The Kier molecular flexibility index (Phi) is 6.17. The summed E-state index contributed by atoms with van der Waals surface area (Å²) in [6, 6.07) is 8.06. The van der Waals surface area contributed by atoms with Crippen molar-refractivity contribution in [2.75, 3.05) is 0 Å². The zero-order chi connectivity index (χ0) is 15.3. The Hall–Kier alpha value is -1.41. The van der Waals surface area contributed by atoms with Gasteiger partial charge in [-0.05, 0) is 17.2 Å². The van der Waals surface area contributed by atoms with Gasteiger partial charge < -0.3 is 15.0 Å². The fourth-order valence-corrected chi connectivity index (χ4v) is 0.884. The summed E-state index contributed by atoms with van der Waals surface area (Å²) in [4.78, 5) is 10.1. The minimum Gasteiger partial charge on any atom is -0.545 e. The topological polar surface area (TPSA) is 60.4 Å². The number of carboxylic acid groups (broad SMARTS) is 1. The Labute approximate surface area is 109 Å². The van der Waals surface area contributed by atoms with Crippen molar-refractivity contribution >= 4 is 17.6 Å². The Morgan fingerprint density at radius 3 is 1.74 bits per heavy atom. The first-order valence-corrected chi connectivity index (χ1v) is 4.92. The van der Waals surface area contributed by atoms with Gasteiger partial charge in [0.15, 0.2) is 0 Å². The van der Waals surface area contributed by atoms with E-state index in [9.17, 15) is 31.9 Å². The molecule has 0 aromatic heterocycles. The Morgan fingerprint density at radius 1 is 1.16 bits per heavy atom. The van der Waals surface area contributed by atoms with Crippen LogP contribution in [0.25, 0.3) is 0 Å². The molecule has 0 aliphatic rings. The van der Waals surface area contributed by atoms with Crippen molar-refractivity contribution in [1.82, 2.24) is 0 Å². The number of carbonyl (C=O) groups excluding carboxylic acids is 1. The summed E-state index contributed by atoms with van der Waals surface area (Å²) in [6.07, 6.45) is -9.19. The van der Waals surface area contributed by atoms with Crippen LogP contribution < -0.4 is 5.11 Å². The molecule has 19 heavy (non-hydrogen) atoms. The fraction of sp³-hybridized carbons (Fsp3) is 0.300. The number of hydrogen-bond donors (Lipinski definition) is 1. The van der Waals surface area contributed by atoms with Crippen LogP contribution in [0.4, 0.5) is 22.0 Å². The lowest BCUT2D eigenvalue weighted by molar-refractivity contribution is -0.255. The number of aliphatic hydroxyl groups is 1. The molecular formula is C10H7ClF5O3-. The summed E-state index contributed by atoms with van der Waals surface area (Å²) in [6.45, 7) is 0. The van der Waals surface area contributed by atoms with Crippen LogP contribution >= 0.6 is 11.6 Å². The number of carboxylic acids is 1. The summed E-state index contributed by atoms with van der Waals surface area (Å²) in [7, 11) is 0. The van der Waals surface area contributed by atoms with E-state index in [0.29, 0.717) is 0 Å². The van der Waals surface area contributed by atoms with E-state index in [1.165, 1.54) is 12.1 Å². The van der Waals surface area contributed by atoms with E-state index in [2.05, 4.69) is 11.6 Å². The monoisotopic (exact) mass is 305 g/mol. The number of hydrogen-bond acceptors (Lipinski definition) is 3. The third-order valence-corrected chi connectivity index (χ3v) is 1.84. The van der Waals surface area contributed by atoms with E-state index < -0.39 is 23.6 Å². The normalized spacial score (nSPS) is 13.2. The second-order valence-corrected chi connectivity index (χ2v) is 3.64. The van der Waals surface area contributed by atoms with Crippen molar-refractivity contribution in [3.8, 4) is 0 Å². The molecule has 0 radical (unpaired) electrons. The molecule has 9 heteroatoms. The Balaban J connectivity index is 0.000000342. The minimum atomic E-state index is -5.38. The van der Waals surface area contributed by atoms with Crippen molar-refractivity contribution < 1.29 is 37.0 Å². The first-order valence-electron chi connectivity index (χ1n) is 4.54. The molecule has 0 bridgehead atoms. The van der Waals surface area contributed by atoms with Crippen LogP contribution in [0, 0.1) is 0 Å². The molecule has 1 aromatic rings. The number of aliphatic hydroxyl groups excluding tert-OH is 1. The van der Waals surface area contributed by atoms with Crippen molar-refractivity contribution in [2.24, 2.45) is 0 Å². The number of alkyl halides is 6. The molecule has 0 spiro atoms. The van der Waals surface area contributed by atoms with E-state index >= 15 is 0 Å². The zero-order valence-electron chi connectivity index (χ0n) is 9.00. The fourth-order valence-electron chi connectivity index (χ4n) is 0.760. The van der Waals surface area contributed by atoms with E-state index in [0.717, 1.165) is 0 Å². The first-order chi connectivity index (χ1) is 8.46. The average Bonchev–Trinajstić information content (AvgIpc) is 2.27.